The first-order valence-electron chi connectivity index (χ1n) is 5.74. The van der Waals surface area contributed by atoms with Crippen molar-refractivity contribution in [2.45, 2.75) is 0 Å². The summed E-state index contributed by atoms with van der Waals surface area (Å²) in [4.78, 5) is 22.4. The highest BCUT2D eigenvalue weighted by Crippen LogP contribution is 2.27. The number of nitrogens with two attached hydrogens (primary N) is 1. The van der Waals surface area contributed by atoms with E-state index in [1.54, 1.807) is 24.3 Å². The minimum atomic E-state index is -0.603. The van der Waals surface area contributed by atoms with Crippen molar-refractivity contribution >= 4 is 23.0 Å². The van der Waals surface area contributed by atoms with E-state index in [9.17, 15) is 14.9 Å². The molecule has 7 nitrogen and oxygen atoms in total. The van der Waals surface area contributed by atoms with Gasteiger partial charge in [0, 0.05) is 11.8 Å². The molecule has 0 radical (unpaired) electrons. The summed E-state index contributed by atoms with van der Waals surface area (Å²) in [7, 11) is 0. The lowest BCUT2D eigenvalue weighted by Crippen LogP contribution is -2.18. The van der Waals surface area contributed by atoms with E-state index >= 15 is 0 Å². The predicted octanol–water partition coefficient (Wildman–Crippen LogP) is 2.13. The van der Waals surface area contributed by atoms with Crippen molar-refractivity contribution in [2.24, 2.45) is 5.84 Å². The quantitative estimate of drug-likeness (QED) is 0.448. The second-order valence-corrected chi connectivity index (χ2v) is 3.92. The van der Waals surface area contributed by atoms with E-state index < -0.39 is 10.8 Å². The van der Waals surface area contributed by atoms with Crippen molar-refractivity contribution in [3.8, 4) is 0 Å². The molecule has 2 aromatic carbocycles. The third-order valence-electron chi connectivity index (χ3n) is 2.66. The van der Waals surface area contributed by atoms with Crippen molar-refractivity contribution in [3.05, 3.63) is 64.2 Å². The average molecular weight is 272 g/mol. The van der Waals surface area contributed by atoms with Crippen molar-refractivity contribution in [1.29, 1.82) is 0 Å². The molecule has 0 saturated heterocycles. The van der Waals surface area contributed by atoms with Gasteiger partial charge in [0.05, 0.1) is 10.5 Å². The molecule has 0 bridgehead atoms. The Bertz CT molecular complexity index is 643. The first-order chi connectivity index (χ1) is 9.63. The lowest BCUT2D eigenvalue weighted by Gasteiger charge is -2.09. The van der Waals surface area contributed by atoms with Crippen LogP contribution in [0.25, 0.3) is 0 Å². The van der Waals surface area contributed by atoms with Crippen molar-refractivity contribution < 1.29 is 9.72 Å². The minimum absolute atomic E-state index is 0.0223. The number of carbonyl (C=O) groups excluding carboxylic acids is 1. The number of hydrazine groups is 1. The Morgan fingerprint density at radius 2 is 1.80 bits per heavy atom. The number of nitrogens with zero attached hydrogens (tertiary/aromatic N) is 1. The van der Waals surface area contributed by atoms with Crippen LogP contribution in [0, 0.1) is 10.1 Å². The van der Waals surface area contributed by atoms with Crippen molar-refractivity contribution in [2.75, 3.05) is 10.7 Å². The summed E-state index contributed by atoms with van der Waals surface area (Å²) in [6.07, 6.45) is 0. The third-order valence-corrected chi connectivity index (χ3v) is 2.66. The fraction of sp³-hybridized carbons (Fsp3) is 0. The number of nitro groups is 1. The Labute approximate surface area is 114 Å². The van der Waals surface area contributed by atoms with Gasteiger partial charge < -0.3 is 10.7 Å². The van der Waals surface area contributed by atoms with Crippen molar-refractivity contribution in [3.63, 3.8) is 0 Å². The molecule has 2 rings (SSSR count). The molecule has 0 unspecified atom stereocenters. The third kappa shape index (κ3) is 2.73. The zero-order valence-electron chi connectivity index (χ0n) is 10.4. The first-order valence-corrected chi connectivity index (χ1v) is 5.74. The number of amides is 1. The topological polar surface area (TPSA) is 110 Å². The van der Waals surface area contributed by atoms with Crippen LogP contribution in [0.1, 0.15) is 10.4 Å². The fourth-order valence-corrected chi connectivity index (χ4v) is 1.75. The Kier molecular flexibility index (Phi) is 3.92. The maximum absolute atomic E-state index is 12.1. The Morgan fingerprint density at radius 3 is 2.40 bits per heavy atom. The molecular weight excluding hydrogens is 260 g/mol. The SMILES string of the molecule is NNc1c(C(=O)Nc2ccccc2)cccc1[N+](=O)[O-]. The molecule has 102 valence electrons. The summed E-state index contributed by atoms with van der Waals surface area (Å²) >= 11 is 0. The highest BCUT2D eigenvalue weighted by atomic mass is 16.6. The molecule has 0 fully saturated rings. The van der Waals surface area contributed by atoms with Gasteiger partial charge in [0.25, 0.3) is 11.6 Å². The van der Waals surface area contributed by atoms with E-state index in [0.717, 1.165) is 0 Å². The molecule has 0 saturated carbocycles. The number of nitro benzene ring substituents is 1. The standard InChI is InChI=1S/C13H12N4O3/c14-16-12-10(7-4-8-11(12)17(19)20)13(18)15-9-5-2-1-3-6-9/h1-8,16H,14H2,(H,15,18). The van der Waals surface area contributed by atoms with Gasteiger partial charge in [0.2, 0.25) is 0 Å². The molecule has 0 aliphatic heterocycles. The van der Waals surface area contributed by atoms with Gasteiger partial charge in [-0.05, 0) is 18.2 Å². The zero-order chi connectivity index (χ0) is 14.5. The van der Waals surface area contributed by atoms with Gasteiger partial charge in [-0.3, -0.25) is 20.8 Å². The largest absolute Gasteiger partial charge is 0.322 e. The molecule has 4 N–H and O–H groups in total. The van der Waals surface area contributed by atoms with Crippen LogP contribution in [-0.4, -0.2) is 10.8 Å². The summed E-state index contributed by atoms with van der Waals surface area (Å²) in [5.41, 5.74) is 2.62. The first kappa shape index (κ1) is 13.5. The number of nitrogen functional groups attached to an aromatic ring is 1. The number of nitrogens with one attached hydrogen (secondary N) is 2. The highest BCUT2D eigenvalue weighted by Gasteiger charge is 2.20. The molecule has 0 aliphatic rings. The van der Waals surface area contributed by atoms with E-state index in [1.807, 2.05) is 6.07 Å². The second kappa shape index (κ2) is 5.81. The molecule has 7 heteroatoms. The van der Waals surface area contributed by atoms with Gasteiger partial charge in [0.15, 0.2) is 0 Å². The number of anilines is 2. The summed E-state index contributed by atoms with van der Waals surface area (Å²) in [5, 5.41) is 13.5. The molecule has 0 spiro atoms. The van der Waals surface area contributed by atoms with Crippen molar-refractivity contribution in [1.82, 2.24) is 0 Å². The number of rotatable bonds is 4. The molecular formula is C13H12N4O3. The van der Waals surface area contributed by atoms with Gasteiger partial charge in [0.1, 0.15) is 5.69 Å². The molecule has 20 heavy (non-hydrogen) atoms. The van der Waals surface area contributed by atoms with Crippen LogP contribution in [0.15, 0.2) is 48.5 Å². The van der Waals surface area contributed by atoms with E-state index in [4.69, 9.17) is 5.84 Å². The molecule has 1 amide bonds. The number of hydrogen-bond donors (Lipinski definition) is 3. The van der Waals surface area contributed by atoms with Gasteiger partial charge in [-0.2, -0.15) is 0 Å². The Morgan fingerprint density at radius 1 is 1.10 bits per heavy atom. The fourth-order valence-electron chi connectivity index (χ4n) is 1.75. The predicted molar refractivity (Wildman–Crippen MR) is 75.3 cm³/mol. The average Bonchev–Trinajstić information content (AvgIpc) is 2.47. The molecule has 2 aromatic rings. The monoisotopic (exact) mass is 272 g/mol. The van der Waals surface area contributed by atoms with E-state index in [2.05, 4.69) is 10.7 Å². The van der Waals surface area contributed by atoms with Crippen LogP contribution in [-0.2, 0) is 0 Å². The van der Waals surface area contributed by atoms with Gasteiger partial charge in [-0.15, -0.1) is 0 Å². The van der Waals surface area contributed by atoms with Gasteiger partial charge in [-0.25, -0.2) is 0 Å². The Hall–Kier alpha value is -2.93. The maximum atomic E-state index is 12.1. The van der Waals surface area contributed by atoms with Gasteiger partial charge >= 0.3 is 0 Å². The van der Waals surface area contributed by atoms with Crippen LogP contribution < -0.4 is 16.6 Å². The number of benzene rings is 2. The number of para-hydroxylation sites is 2. The molecule has 0 aliphatic carbocycles. The summed E-state index contributed by atoms with van der Waals surface area (Å²) in [6.45, 7) is 0. The van der Waals surface area contributed by atoms with Gasteiger partial charge in [-0.1, -0.05) is 24.3 Å². The molecule has 0 aromatic heterocycles. The van der Waals surface area contributed by atoms with Crippen LogP contribution in [0.5, 0.6) is 0 Å². The normalized spacial score (nSPS) is 9.85. The zero-order valence-corrected chi connectivity index (χ0v) is 10.4. The van der Waals surface area contributed by atoms with Crippen LogP contribution >= 0.6 is 0 Å². The summed E-state index contributed by atoms with van der Waals surface area (Å²) < 4.78 is 0. The highest BCUT2D eigenvalue weighted by molar-refractivity contribution is 6.09. The number of hydrogen-bond acceptors (Lipinski definition) is 5. The number of carbonyl (C=O) groups is 1. The van der Waals surface area contributed by atoms with E-state index in [0.29, 0.717) is 5.69 Å². The minimum Gasteiger partial charge on any atom is -0.322 e. The van der Waals surface area contributed by atoms with E-state index in [1.165, 1.54) is 18.2 Å². The summed E-state index contributed by atoms with van der Waals surface area (Å²) in [5.74, 6) is 4.81. The smallest absolute Gasteiger partial charge is 0.294 e. The lowest BCUT2D eigenvalue weighted by molar-refractivity contribution is -0.384. The second-order valence-electron chi connectivity index (χ2n) is 3.92. The molecule has 0 atom stereocenters. The van der Waals surface area contributed by atoms with E-state index in [-0.39, 0.29) is 16.9 Å². The van der Waals surface area contributed by atoms with Crippen LogP contribution in [0.2, 0.25) is 0 Å². The summed E-state index contributed by atoms with van der Waals surface area (Å²) in [6, 6.07) is 12.9. The lowest BCUT2D eigenvalue weighted by atomic mass is 10.1. The van der Waals surface area contributed by atoms with Crippen LogP contribution in [0.3, 0.4) is 0 Å². The molecule has 0 heterocycles. The Balaban J connectivity index is 2.35. The van der Waals surface area contributed by atoms with Crippen LogP contribution in [0.4, 0.5) is 17.1 Å². The maximum Gasteiger partial charge on any atom is 0.294 e.